The quantitative estimate of drug-likeness (QED) is 0.712. The van der Waals surface area contributed by atoms with Gasteiger partial charge in [-0.1, -0.05) is 17.4 Å². The minimum atomic E-state index is -4.86. The molecule has 0 radical (unpaired) electrons. The van der Waals surface area contributed by atoms with Crippen molar-refractivity contribution < 1.29 is 37.0 Å². The second kappa shape index (κ2) is 8.71. The van der Waals surface area contributed by atoms with Crippen LogP contribution in [0.3, 0.4) is 0 Å². The van der Waals surface area contributed by atoms with E-state index < -0.39 is 35.2 Å². The largest absolute Gasteiger partial charge is 0.497 e. The van der Waals surface area contributed by atoms with E-state index in [2.05, 4.69) is 15.0 Å². The lowest BCUT2D eigenvalue weighted by molar-refractivity contribution is -0.141. The lowest BCUT2D eigenvalue weighted by Gasteiger charge is -2.07. The van der Waals surface area contributed by atoms with E-state index in [0.717, 1.165) is 0 Å². The van der Waals surface area contributed by atoms with Crippen molar-refractivity contribution in [1.29, 1.82) is 0 Å². The first-order chi connectivity index (χ1) is 12.7. The van der Waals surface area contributed by atoms with Crippen molar-refractivity contribution >= 4 is 28.3 Å². The van der Waals surface area contributed by atoms with Crippen LogP contribution in [0.2, 0.25) is 0 Å². The van der Waals surface area contributed by atoms with Gasteiger partial charge in [0.2, 0.25) is 0 Å². The molecule has 0 spiro atoms. The van der Waals surface area contributed by atoms with Gasteiger partial charge in [-0.15, -0.1) is 0 Å². The number of hydrogen-bond donors (Lipinski definition) is 1. The zero-order valence-electron chi connectivity index (χ0n) is 14.3. The Bertz CT molecular complexity index is 823. The number of methoxy groups -OCH3 is 1. The molecule has 1 amide bonds. The van der Waals surface area contributed by atoms with Crippen molar-refractivity contribution in [3.63, 3.8) is 0 Å². The third-order valence-corrected chi connectivity index (χ3v) is 3.96. The van der Waals surface area contributed by atoms with Crippen molar-refractivity contribution in [2.24, 2.45) is 0 Å². The average molecular weight is 404 g/mol. The van der Waals surface area contributed by atoms with Crippen LogP contribution in [0.4, 0.5) is 18.3 Å². The minimum absolute atomic E-state index is 0.0932. The lowest BCUT2D eigenvalue weighted by atomic mass is 10.3. The summed E-state index contributed by atoms with van der Waals surface area (Å²) in [4.78, 5) is 26.2. The van der Waals surface area contributed by atoms with Crippen LogP contribution in [-0.4, -0.2) is 37.2 Å². The van der Waals surface area contributed by atoms with Gasteiger partial charge in [-0.05, 0) is 19.1 Å². The summed E-state index contributed by atoms with van der Waals surface area (Å²) >= 11 is 0.377. The normalized spacial score (nSPS) is 11.0. The van der Waals surface area contributed by atoms with Crippen LogP contribution < -0.4 is 14.8 Å². The molecule has 1 N–H and O–H groups in total. The molecule has 0 saturated carbocycles. The first-order valence-electron chi connectivity index (χ1n) is 7.56. The molecular formula is C16H15F3N2O5S. The smallest absolute Gasteiger partial charge is 0.435 e. The van der Waals surface area contributed by atoms with E-state index in [1.54, 1.807) is 18.2 Å². The monoisotopic (exact) mass is 404 g/mol. The first-order valence-corrected chi connectivity index (χ1v) is 8.38. The minimum Gasteiger partial charge on any atom is -0.497 e. The Morgan fingerprint density at radius 3 is 2.59 bits per heavy atom. The maximum Gasteiger partial charge on any atom is 0.435 e. The summed E-state index contributed by atoms with van der Waals surface area (Å²) < 4.78 is 53.9. The van der Waals surface area contributed by atoms with E-state index in [1.165, 1.54) is 20.1 Å². The summed E-state index contributed by atoms with van der Waals surface area (Å²) in [6.45, 7) is 0.901. The number of ether oxygens (including phenoxy) is 3. The number of carbonyl (C=O) groups is 2. The number of aromatic nitrogens is 1. The van der Waals surface area contributed by atoms with Gasteiger partial charge in [0.05, 0.1) is 13.7 Å². The average Bonchev–Trinajstić information content (AvgIpc) is 3.05. The van der Waals surface area contributed by atoms with Gasteiger partial charge in [0.15, 0.2) is 17.4 Å². The number of thiazole rings is 1. The van der Waals surface area contributed by atoms with Gasteiger partial charge < -0.3 is 14.2 Å². The third-order valence-electron chi connectivity index (χ3n) is 3.01. The Labute approximate surface area is 156 Å². The van der Waals surface area contributed by atoms with Crippen molar-refractivity contribution in [2.45, 2.75) is 13.1 Å². The number of anilines is 1. The van der Waals surface area contributed by atoms with E-state index in [0.29, 0.717) is 22.8 Å². The Balaban J connectivity index is 2.07. The molecule has 7 nitrogen and oxygen atoms in total. The maximum absolute atomic E-state index is 13.0. The molecule has 0 aliphatic rings. The molecule has 2 rings (SSSR count). The van der Waals surface area contributed by atoms with E-state index >= 15 is 0 Å². The number of amides is 1. The zero-order chi connectivity index (χ0) is 20.0. The van der Waals surface area contributed by atoms with Gasteiger partial charge in [0, 0.05) is 6.07 Å². The molecule has 146 valence electrons. The van der Waals surface area contributed by atoms with Crippen molar-refractivity contribution in [2.75, 3.05) is 25.6 Å². The van der Waals surface area contributed by atoms with E-state index in [-0.39, 0.29) is 11.7 Å². The van der Waals surface area contributed by atoms with Crippen LogP contribution >= 0.6 is 11.3 Å². The fourth-order valence-corrected chi connectivity index (χ4v) is 2.79. The summed E-state index contributed by atoms with van der Waals surface area (Å²) in [5, 5.41) is 1.79. The molecule has 1 aromatic heterocycles. The third kappa shape index (κ3) is 5.58. The van der Waals surface area contributed by atoms with Crippen LogP contribution in [0.25, 0.3) is 0 Å². The fraction of sp³-hybridized carbons (Fsp3) is 0.312. The molecule has 11 heteroatoms. The number of benzene rings is 1. The van der Waals surface area contributed by atoms with Crippen LogP contribution in [0.1, 0.15) is 22.3 Å². The SMILES string of the molecule is CCOC(=O)c1sc(NC(=O)COc2cccc(OC)c2)nc1C(F)(F)F. The summed E-state index contributed by atoms with van der Waals surface area (Å²) in [5.74, 6) is -1.04. The molecule has 0 atom stereocenters. The number of nitrogens with zero attached hydrogens (tertiary/aromatic N) is 1. The van der Waals surface area contributed by atoms with Crippen molar-refractivity contribution in [3.8, 4) is 11.5 Å². The molecule has 0 unspecified atom stereocenters. The molecule has 0 aliphatic heterocycles. The second-order valence-corrected chi connectivity index (χ2v) is 5.93. The van der Waals surface area contributed by atoms with Crippen molar-refractivity contribution in [3.05, 3.63) is 34.8 Å². The van der Waals surface area contributed by atoms with E-state index in [4.69, 9.17) is 9.47 Å². The Hall–Kier alpha value is -2.82. The molecule has 1 aromatic carbocycles. The van der Waals surface area contributed by atoms with Gasteiger partial charge in [-0.2, -0.15) is 13.2 Å². The Morgan fingerprint density at radius 2 is 1.96 bits per heavy atom. The molecule has 2 aromatic rings. The number of carbonyl (C=O) groups excluding carboxylic acids is 2. The Kier molecular flexibility index (Phi) is 6.61. The number of rotatable bonds is 7. The van der Waals surface area contributed by atoms with Gasteiger partial charge in [0.1, 0.15) is 16.4 Å². The topological polar surface area (TPSA) is 86.8 Å². The first kappa shape index (κ1) is 20.5. The fourth-order valence-electron chi connectivity index (χ4n) is 1.90. The highest BCUT2D eigenvalue weighted by Crippen LogP contribution is 2.36. The van der Waals surface area contributed by atoms with Crippen LogP contribution in [0.15, 0.2) is 24.3 Å². The van der Waals surface area contributed by atoms with Crippen molar-refractivity contribution in [1.82, 2.24) is 4.98 Å². The van der Waals surface area contributed by atoms with Gasteiger partial charge in [-0.3, -0.25) is 10.1 Å². The van der Waals surface area contributed by atoms with Gasteiger partial charge in [0.25, 0.3) is 5.91 Å². The summed E-state index contributed by atoms with van der Waals surface area (Å²) in [6.07, 6.45) is -4.86. The molecule has 0 aliphatic carbocycles. The van der Waals surface area contributed by atoms with Gasteiger partial charge >= 0.3 is 12.1 Å². The Morgan fingerprint density at radius 1 is 1.26 bits per heavy atom. The second-order valence-electron chi connectivity index (χ2n) is 4.93. The predicted octanol–water partition coefficient (Wildman–Crippen LogP) is 3.36. The highest BCUT2D eigenvalue weighted by Gasteiger charge is 2.40. The van der Waals surface area contributed by atoms with Crippen LogP contribution in [-0.2, 0) is 15.7 Å². The number of alkyl halides is 3. The molecule has 27 heavy (non-hydrogen) atoms. The number of nitrogens with one attached hydrogen (secondary N) is 1. The number of halogens is 3. The zero-order valence-corrected chi connectivity index (χ0v) is 15.1. The van der Waals surface area contributed by atoms with Gasteiger partial charge in [-0.25, -0.2) is 9.78 Å². The molecule has 0 saturated heterocycles. The summed E-state index contributed by atoms with van der Waals surface area (Å²) in [6, 6.07) is 6.45. The maximum atomic E-state index is 13.0. The lowest BCUT2D eigenvalue weighted by Crippen LogP contribution is -2.20. The standard InChI is InChI=1S/C16H15F3N2O5S/c1-3-25-14(23)12-13(16(17,18)19)21-15(27-12)20-11(22)8-26-10-6-4-5-9(7-10)24-2/h4-7H,3,8H2,1-2H3,(H,20,21,22). The van der Waals surface area contributed by atoms with E-state index in [9.17, 15) is 22.8 Å². The molecule has 0 bridgehead atoms. The molecule has 0 fully saturated rings. The summed E-state index contributed by atoms with van der Waals surface area (Å²) in [7, 11) is 1.47. The van der Waals surface area contributed by atoms with Crippen LogP contribution in [0.5, 0.6) is 11.5 Å². The van der Waals surface area contributed by atoms with Crippen LogP contribution in [0, 0.1) is 0 Å². The predicted molar refractivity (Wildman–Crippen MR) is 90.2 cm³/mol. The molecule has 1 heterocycles. The highest BCUT2D eigenvalue weighted by atomic mass is 32.1. The summed E-state index contributed by atoms with van der Waals surface area (Å²) in [5.41, 5.74) is -1.41. The number of esters is 1. The highest BCUT2D eigenvalue weighted by molar-refractivity contribution is 7.17. The van der Waals surface area contributed by atoms with E-state index in [1.807, 2.05) is 0 Å². The number of hydrogen-bond acceptors (Lipinski definition) is 7. The molecular weight excluding hydrogens is 389 g/mol.